The van der Waals surface area contributed by atoms with Crippen LogP contribution in [0.15, 0.2) is 23.4 Å². The minimum atomic E-state index is 0.337. The van der Waals surface area contributed by atoms with E-state index < -0.39 is 0 Å². The van der Waals surface area contributed by atoms with Gasteiger partial charge in [-0.05, 0) is 20.0 Å². The van der Waals surface area contributed by atoms with Crippen LogP contribution in [0.25, 0.3) is 0 Å². The maximum Gasteiger partial charge on any atom is 0.101 e. The van der Waals surface area contributed by atoms with Crippen molar-refractivity contribution < 1.29 is 4.74 Å². The molecule has 0 radical (unpaired) electrons. The fourth-order valence-corrected chi connectivity index (χ4v) is 2.22. The van der Waals surface area contributed by atoms with E-state index in [4.69, 9.17) is 4.74 Å². The summed E-state index contributed by atoms with van der Waals surface area (Å²) >= 11 is 1.74. The van der Waals surface area contributed by atoms with Crippen LogP contribution in [0.5, 0.6) is 0 Å². The Kier molecular flexibility index (Phi) is 5.68. The minimum absolute atomic E-state index is 0.337. The third kappa shape index (κ3) is 3.81. The summed E-state index contributed by atoms with van der Waals surface area (Å²) in [6, 6.07) is 4.43. The number of ether oxygens (including phenoxy) is 1. The summed E-state index contributed by atoms with van der Waals surface area (Å²) in [6.07, 6.45) is 1.83. The molecule has 3 nitrogen and oxygen atoms in total. The molecule has 0 fully saturated rings. The smallest absolute Gasteiger partial charge is 0.101 e. The molecular weight excluding hydrogens is 208 g/mol. The highest BCUT2D eigenvalue weighted by atomic mass is 32.2. The molecule has 0 aliphatic heterocycles. The van der Waals surface area contributed by atoms with Crippen LogP contribution in [0.3, 0.4) is 0 Å². The van der Waals surface area contributed by atoms with Crippen molar-refractivity contribution in [1.82, 2.24) is 10.3 Å². The van der Waals surface area contributed by atoms with Crippen LogP contribution in [0.4, 0.5) is 0 Å². The molecule has 0 spiro atoms. The second kappa shape index (κ2) is 6.82. The molecule has 0 bridgehead atoms. The van der Waals surface area contributed by atoms with Gasteiger partial charge in [0.05, 0.1) is 6.61 Å². The summed E-state index contributed by atoms with van der Waals surface area (Å²) in [6.45, 7) is 2.89. The van der Waals surface area contributed by atoms with Crippen molar-refractivity contribution in [2.75, 3.05) is 26.5 Å². The number of hydrogen-bond acceptors (Lipinski definition) is 4. The van der Waals surface area contributed by atoms with Crippen molar-refractivity contribution in [3.8, 4) is 0 Å². The van der Waals surface area contributed by atoms with E-state index in [9.17, 15) is 0 Å². The Morgan fingerprint density at radius 3 is 3.07 bits per heavy atom. The highest BCUT2D eigenvalue weighted by molar-refractivity contribution is 7.99. The van der Waals surface area contributed by atoms with Gasteiger partial charge in [0, 0.05) is 30.7 Å². The van der Waals surface area contributed by atoms with Gasteiger partial charge in [0.2, 0.25) is 0 Å². The van der Waals surface area contributed by atoms with E-state index in [0.29, 0.717) is 6.04 Å². The number of aromatic nitrogens is 1. The van der Waals surface area contributed by atoms with E-state index in [1.165, 1.54) is 5.56 Å². The van der Waals surface area contributed by atoms with Crippen LogP contribution in [0.1, 0.15) is 18.5 Å². The largest absolute Gasteiger partial charge is 0.384 e. The lowest BCUT2D eigenvalue weighted by molar-refractivity contribution is 0.218. The average molecular weight is 226 g/mol. The monoisotopic (exact) mass is 226 g/mol. The van der Waals surface area contributed by atoms with Gasteiger partial charge in [0.25, 0.3) is 0 Å². The van der Waals surface area contributed by atoms with Crippen molar-refractivity contribution in [3.05, 3.63) is 23.9 Å². The molecular formula is C11H18N2OS. The molecule has 1 unspecified atom stereocenters. The zero-order chi connectivity index (χ0) is 11.1. The summed E-state index contributed by atoms with van der Waals surface area (Å²) in [5, 5.41) is 4.32. The van der Waals surface area contributed by atoms with Gasteiger partial charge in [-0.1, -0.05) is 6.07 Å². The third-order valence-electron chi connectivity index (χ3n) is 2.23. The first-order chi connectivity index (χ1) is 7.29. The summed E-state index contributed by atoms with van der Waals surface area (Å²) in [4.78, 5) is 4.39. The molecule has 0 aromatic carbocycles. The first kappa shape index (κ1) is 12.5. The van der Waals surface area contributed by atoms with Crippen LogP contribution in [-0.2, 0) is 4.74 Å². The van der Waals surface area contributed by atoms with Crippen molar-refractivity contribution in [2.45, 2.75) is 18.0 Å². The van der Waals surface area contributed by atoms with Gasteiger partial charge in [-0.3, -0.25) is 0 Å². The van der Waals surface area contributed by atoms with Crippen molar-refractivity contribution >= 4 is 11.8 Å². The third-order valence-corrected chi connectivity index (χ3v) is 3.21. The predicted octanol–water partition coefficient (Wildman–Crippen LogP) is 2.10. The maximum absolute atomic E-state index is 5.03. The molecule has 1 rings (SSSR count). The van der Waals surface area contributed by atoms with Gasteiger partial charge in [-0.2, -0.15) is 0 Å². The molecule has 0 aliphatic rings. The van der Waals surface area contributed by atoms with Crippen molar-refractivity contribution in [3.63, 3.8) is 0 Å². The van der Waals surface area contributed by atoms with E-state index in [0.717, 1.165) is 17.4 Å². The van der Waals surface area contributed by atoms with Gasteiger partial charge in [0.1, 0.15) is 5.03 Å². The molecule has 1 aromatic rings. The number of thioether (sulfide) groups is 1. The molecule has 1 aromatic heterocycles. The standard InChI is InChI=1S/C11H18N2OS/c1-9(12-2)10-5-4-6-13-11(10)15-8-7-14-3/h4-6,9,12H,7-8H2,1-3H3. The molecule has 1 heterocycles. The maximum atomic E-state index is 5.03. The quantitative estimate of drug-likeness (QED) is 0.595. The van der Waals surface area contributed by atoms with Gasteiger partial charge >= 0.3 is 0 Å². The highest BCUT2D eigenvalue weighted by Crippen LogP contribution is 2.24. The number of nitrogens with one attached hydrogen (secondary N) is 1. The Bertz CT molecular complexity index is 294. The number of hydrogen-bond donors (Lipinski definition) is 1. The Morgan fingerprint density at radius 2 is 2.40 bits per heavy atom. The lowest BCUT2D eigenvalue weighted by atomic mass is 10.1. The molecule has 1 atom stereocenters. The second-order valence-corrected chi connectivity index (χ2v) is 4.33. The summed E-state index contributed by atoms with van der Waals surface area (Å²) in [5.74, 6) is 0.941. The van der Waals surface area contributed by atoms with Gasteiger partial charge in [0.15, 0.2) is 0 Å². The molecule has 0 amide bonds. The SMILES string of the molecule is CNC(C)c1cccnc1SCCOC. The van der Waals surface area contributed by atoms with Crippen LogP contribution < -0.4 is 5.32 Å². The lowest BCUT2D eigenvalue weighted by Crippen LogP contribution is -2.13. The Morgan fingerprint density at radius 1 is 1.60 bits per heavy atom. The van der Waals surface area contributed by atoms with Crippen molar-refractivity contribution in [1.29, 1.82) is 0 Å². The summed E-state index contributed by atoms with van der Waals surface area (Å²) in [7, 11) is 3.68. The Balaban J connectivity index is 2.68. The fraction of sp³-hybridized carbons (Fsp3) is 0.545. The Labute approximate surface area is 95.6 Å². The van der Waals surface area contributed by atoms with E-state index in [-0.39, 0.29) is 0 Å². The number of pyridine rings is 1. The number of methoxy groups -OCH3 is 1. The number of rotatable bonds is 6. The summed E-state index contributed by atoms with van der Waals surface area (Å²) < 4.78 is 5.03. The normalized spacial score (nSPS) is 12.7. The first-order valence-corrected chi connectivity index (χ1v) is 6.02. The molecule has 4 heteroatoms. The van der Waals surface area contributed by atoms with Crippen LogP contribution in [0.2, 0.25) is 0 Å². The van der Waals surface area contributed by atoms with Crippen LogP contribution in [-0.4, -0.2) is 31.5 Å². The second-order valence-electron chi connectivity index (χ2n) is 3.25. The first-order valence-electron chi connectivity index (χ1n) is 5.03. The highest BCUT2D eigenvalue weighted by Gasteiger charge is 2.09. The Hall–Kier alpha value is -0.580. The van der Waals surface area contributed by atoms with E-state index in [1.807, 2.05) is 19.3 Å². The van der Waals surface area contributed by atoms with Crippen molar-refractivity contribution in [2.24, 2.45) is 0 Å². The lowest BCUT2D eigenvalue weighted by Gasteiger charge is -2.13. The van der Waals surface area contributed by atoms with Gasteiger partial charge < -0.3 is 10.1 Å². The zero-order valence-electron chi connectivity index (χ0n) is 9.49. The topological polar surface area (TPSA) is 34.2 Å². The minimum Gasteiger partial charge on any atom is -0.384 e. The summed E-state index contributed by atoms with van der Waals surface area (Å²) in [5.41, 5.74) is 1.25. The predicted molar refractivity (Wildman–Crippen MR) is 64.3 cm³/mol. The van der Waals surface area contributed by atoms with E-state index in [1.54, 1.807) is 18.9 Å². The number of nitrogens with zero attached hydrogens (tertiary/aromatic N) is 1. The zero-order valence-corrected chi connectivity index (χ0v) is 10.3. The van der Waals surface area contributed by atoms with E-state index >= 15 is 0 Å². The van der Waals surface area contributed by atoms with E-state index in [2.05, 4.69) is 23.3 Å². The molecule has 0 saturated carbocycles. The average Bonchev–Trinajstić information content (AvgIpc) is 2.29. The van der Waals surface area contributed by atoms with Crippen LogP contribution in [0, 0.1) is 0 Å². The van der Waals surface area contributed by atoms with Crippen LogP contribution >= 0.6 is 11.8 Å². The molecule has 0 aliphatic carbocycles. The fourth-order valence-electron chi connectivity index (χ4n) is 1.23. The molecule has 15 heavy (non-hydrogen) atoms. The van der Waals surface area contributed by atoms with Gasteiger partial charge in [-0.15, -0.1) is 11.8 Å². The van der Waals surface area contributed by atoms with Gasteiger partial charge in [-0.25, -0.2) is 4.98 Å². The molecule has 0 saturated heterocycles. The molecule has 84 valence electrons. The molecule has 1 N–H and O–H groups in total.